The molecule has 142 valence electrons. The van der Waals surface area contributed by atoms with Crippen molar-refractivity contribution in [2.24, 2.45) is 11.8 Å². The number of rotatable bonds is 8. The van der Waals surface area contributed by atoms with E-state index in [4.69, 9.17) is 9.47 Å². The van der Waals surface area contributed by atoms with E-state index >= 15 is 0 Å². The lowest BCUT2D eigenvalue weighted by Gasteiger charge is -2.28. The highest BCUT2D eigenvalue weighted by molar-refractivity contribution is 5.91. The van der Waals surface area contributed by atoms with Gasteiger partial charge in [0.1, 0.15) is 0 Å². The number of carbonyl (C=O) groups is 2. The van der Waals surface area contributed by atoms with Crippen LogP contribution in [-0.2, 0) is 9.59 Å². The maximum Gasteiger partial charge on any atom is 0.306 e. The van der Waals surface area contributed by atoms with Gasteiger partial charge in [-0.2, -0.15) is 0 Å². The summed E-state index contributed by atoms with van der Waals surface area (Å²) in [6.07, 6.45) is 6.65. The van der Waals surface area contributed by atoms with Crippen LogP contribution in [-0.4, -0.2) is 37.2 Å². The Morgan fingerprint density at radius 3 is 2.73 bits per heavy atom. The van der Waals surface area contributed by atoms with Crippen molar-refractivity contribution in [3.8, 4) is 11.5 Å². The number of carboxylic acid groups (broad SMARTS) is 1. The Morgan fingerprint density at radius 2 is 2.04 bits per heavy atom. The van der Waals surface area contributed by atoms with E-state index in [9.17, 15) is 14.7 Å². The summed E-state index contributed by atoms with van der Waals surface area (Å²) in [7, 11) is 1.57. The van der Waals surface area contributed by atoms with Crippen molar-refractivity contribution in [3.63, 3.8) is 0 Å². The summed E-state index contributed by atoms with van der Waals surface area (Å²) in [6, 6.07) is 5.45. The zero-order valence-electron chi connectivity index (χ0n) is 15.4. The first-order valence-corrected chi connectivity index (χ1v) is 9.04. The molecule has 1 fully saturated rings. The molecule has 2 N–H and O–H groups in total. The predicted octanol–water partition coefficient (Wildman–Crippen LogP) is 3.11. The van der Waals surface area contributed by atoms with Crippen LogP contribution in [0.4, 0.5) is 0 Å². The van der Waals surface area contributed by atoms with Crippen LogP contribution in [0.5, 0.6) is 11.5 Å². The summed E-state index contributed by atoms with van der Waals surface area (Å²) in [5, 5.41) is 12.1. The summed E-state index contributed by atoms with van der Waals surface area (Å²) >= 11 is 0. The number of ether oxygens (including phenoxy) is 2. The van der Waals surface area contributed by atoms with E-state index in [2.05, 4.69) is 5.32 Å². The normalized spacial score (nSPS) is 19.9. The fourth-order valence-corrected chi connectivity index (χ4v) is 3.30. The quantitative estimate of drug-likeness (QED) is 0.695. The Kier molecular flexibility index (Phi) is 7.51. The summed E-state index contributed by atoms with van der Waals surface area (Å²) in [5.41, 5.74) is 0.821. The highest BCUT2D eigenvalue weighted by Crippen LogP contribution is 2.30. The van der Waals surface area contributed by atoms with Gasteiger partial charge in [-0.1, -0.05) is 18.9 Å². The largest absolute Gasteiger partial charge is 0.493 e. The Bertz CT molecular complexity index is 656. The number of hydrogen-bond acceptors (Lipinski definition) is 4. The second-order valence-corrected chi connectivity index (χ2v) is 6.41. The topological polar surface area (TPSA) is 84.9 Å². The number of carbonyl (C=O) groups excluding carboxylic acids is 1. The average Bonchev–Trinajstić information content (AvgIpc) is 2.65. The van der Waals surface area contributed by atoms with Gasteiger partial charge in [0.25, 0.3) is 0 Å². The minimum Gasteiger partial charge on any atom is -0.493 e. The average molecular weight is 361 g/mol. The van der Waals surface area contributed by atoms with Crippen LogP contribution in [0.15, 0.2) is 24.3 Å². The van der Waals surface area contributed by atoms with Crippen LogP contribution in [0.2, 0.25) is 0 Å². The van der Waals surface area contributed by atoms with Crippen molar-refractivity contribution in [3.05, 3.63) is 29.8 Å². The monoisotopic (exact) mass is 361 g/mol. The molecule has 1 aliphatic carbocycles. The first-order valence-electron chi connectivity index (χ1n) is 9.04. The first kappa shape index (κ1) is 19.8. The second kappa shape index (κ2) is 9.85. The molecule has 0 radical (unpaired) electrons. The summed E-state index contributed by atoms with van der Waals surface area (Å²) in [5.74, 6) is -0.0735. The third-order valence-corrected chi connectivity index (χ3v) is 4.68. The van der Waals surface area contributed by atoms with Crippen LogP contribution < -0.4 is 14.8 Å². The van der Waals surface area contributed by atoms with Gasteiger partial charge in [0, 0.05) is 12.6 Å². The molecule has 2 rings (SSSR count). The molecule has 26 heavy (non-hydrogen) atoms. The van der Waals surface area contributed by atoms with E-state index in [0.717, 1.165) is 24.8 Å². The van der Waals surface area contributed by atoms with Gasteiger partial charge in [-0.3, -0.25) is 9.59 Å². The molecule has 0 heterocycles. The molecule has 1 aromatic carbocycles. The molecule has 2 atom stereocenters. The predicted molar refractivity (Wildman–Crippen MR) is 99.3 cm³/mol. The van der Waals surface area contributed by atoms with Crippen molar-refractivity contribution in [1.82, 2.24) is 5.32 Å². The number of carboxylic acids is 1. The number of aliphatic carboxylic acids is 1. The van der Waals surface area contributed by atoms with Gasteiger partial charge in [-0.15, -0.1) is 0 Å². The van der Waals surface area contributed by atoms with Crippen LogP contribution in [0.3, 0.4) is 0 Å². The van der Waals surface area contributed by atoms with Crippen LogP contribution in [0.25, 0.3) is 6.08 Å². The van der Waals surface area contributed by atoms with E-state index in [0.29, 0.717) is 31.1 Å². The van der Waals surface area contributed by atoms with Crippen LogP contribution >= 0.6 is 0 Å². The van der Waals surface area contributed by atoms with Gasteiger partial charge in [0.2, 0.25) is 5.91 Å². The molecule has 0 spiro atoms. The van der Waals surface area contributed by atoms with Gasteiger partial charge in [-0.05, 0) is 49.5 Å². The fourth-order valence-electron chi connectivity index (χ4n) is 3.30. The van der Waals surface area contributed by atoms with E-state index in [-0.39, 0.29) is 17.7 Å². The Hall–Kier alpha value is -2.50. The molecular weight excluding hydrogens is 334 g/mol. The zero-order chi connectivity index (χ0) is 18.9. The molecule has 0 aromatic heterocycles. The van der Waals surface area contributed by atoms with Gasteiger partial charge < -0.3 is 19.9 Å². The summed E-state index contributed by atoms with van der Waals surface area (Å²) < 4.78 is 10.8. The SMILES string of the molecule is CCOc1ccc(/C=C/C(=O)NC[C@@H]2CCCC[C@@H]2C(=O)O)cc1OC. The first-order chi connectivity index (χ1) is 12.5. The minimum absolute atomic E-state index is 0.00386. The Morgan fingerprint density at radius 1 is 1.27 bits per heavy atom. The summed E-state index contributed by atoms with van der Waals surface area (Å²) in [6.45, 7) is 2.85. The van der Waals surface area contributed by atoms with E-state index in [1.54, 1.807) is 25.3 Å². The molecule has 6 heteroatoms. The third-order valence-electron chi connectivity index (χ3n) is 4.68. The van der Waals surface area contributed by atoms with Gasteiger partial charge in [0.05, 0.1) is 19.6 Å². The number of hydrogen-bond donors (Lipinski definition) is 2. The number of benzene rings is 1. The van der Waals surface area contributed by atoms with E-state index < -0.39 is 5.97 Å². The van der Waals surface area contributed by atoms with Gasteiger partial charge >= 0.3 is 5.97 Å². The molecular formula is C20H27NO5. The van der Waals surface area contributed by atoms with Crippen LogP contribution in [0, 0.1) is 11.8 Å². The number of methoxy groups -OCH3 is 1. The van der Waals surface area contributed by atoms with Gasteiger partial charge in [-0.25, -0.2) is 0 Å². The maximum absolute atomic E-state index is 12.1. The molecule has 0 unspecified atom stereocenters. The highest BCUT2D eigenvalue weighted by atomic mass is 16.5. The molecule has 1 amide bonds. The third kappa shape index (κ3) is 5.51. The smallest absolute Gasteiger partial charge is 0.306 e. The maximum atomic E-state index is 12.1. The molecule has 1 aromatic rings. The second-order valence-electron chi connectivity index (χ2n) is 6.41. The zero-order valence-corrected chi connectivity index (χ0v) is 15.4. The van der Waals surface area contributed by atoms with Crippen LogP contribution in [0.1, 0.15) is 38.2 Å². The standard InChI is InChI=1S/C20H27NO5/c1-3-26-17-10-8-14(12-18(17)25-2)9-11-19(22)21-13-15-6-4-5-7-16(15)20(23)24/h8-12,15-16H,3-7,13H2,1-2H3,(H,21,22)(H,23,24)/b11-9+/t15-,16-/m0/s1. The number of nitrogens with one attached hydrogen (secondary N) is 1. The Balaban J connectivity index is 1.91. The van der Waals surface area contributed by atoms with Crippen molar-refractivity contribution >= 4 is 18.0 Å². The highest BCUT2D eigenvalue weighted by Gasteiger charge is 2.30. The lowest BCUT2D eigenvalue weighted by Crippen LogP contribution is -2.36. The molecule has 0 bridgehead atoms. The lowest BCUT2D eigenvalue weighted by molar-refractivity contribution is -0.145. The molecule has 0 saturated heterocycles. The van der Waals surface area contributed by atoms with Gasteiger partial charge in [0.15, 0.2) is 11.5 Å². The molecule has 0 aliphatic heterocycles. The fraction of sp³-hybridized carbons (Fsp3) is 0.500. The molecule has 1 saturated carbocycles. The molecule has 6 nitrogen and oxygen atoms in total. The van der Waals surface area contributed by atoms with E-state index in [1.807, 2.05) is 13.0 Å². The lowest BCUT2D eigenvalue weighted by atomic mass is 9.79. The summed E-state index contributed by atoms with van der Waals surface area (Å²) in [4.78, 5) is 23.4. The Labute approximate surface area is 154 Å². The molecule has 1 aliphatic rings. The van der Waals surface area contributed by atoms with Crippen molar-refractivity contribution < 1.29 is 24.2 Å². The minimum atomic E-state index is -0.763. The number of amides is 1. The van der Waals surface area contributed by atoms with Crippen molar-refractivity contribution in [1.29, 1.82) is 0 Å². The van der Waals surface area contributed by atoms with E-state index in [1.165, 1.54) is 6.08 Å². The van der Waals surface area contributed by atoms with Crippen molar-refractivity contribution in [2.75, 3.05) is 20.3 Å². The van der Waals surface area contributed by atoms with Crippen molar-refractivity contribution in [2.45, 2.75) is 32.6 Å².